The number of piperidine rings is 1. The summed E-state index contributed by atoms with van der Waals surface area (Å²) in [5, 5.41) is 2.84. The van der Waals surface area contributed by atoms with Crippen molar-refractivity contribution in [2.24, 2.45) is 0 Å². The van der Waals surface area contributed by atoms with E-state index in [1.54, 1.807) is 30.3 Å². The molecule has 0 aromatic heterocycles. The van der Waals surface area contributed by atoms with Crippen molar-refractivity contribution in [1.82, 2.24) is 14.5 Å². The van der Waals surface area contributed by atoms with E-state index in [-0.39, 0.29) is 18.0 Å². The number of hydrogen-bond donors (Lipinski definition) is 1. The number of sulfonamides is 1. The normalized spacial score (nSPS) is 18.3. The summed E-state index contributed by atoms with van der Waals surface area (Å²) in [6.45, 7) is 1.11. The molecule has 2 saturated heterocycles. The Balaban J connectivity index is 1.32. The number of hydrogen-bond acceptors (Lipinski definition) is 6. The fourth-order valence-corrected chi connectivity index (χ4v) is 6.33. The van der Waals surface area contributed by atoms with Crippen LogP contribution in [0.2, 0.25) is 5.02 Å². The predicted octanol–water partition coefficient (Wildman–Crippen LogP) is 3.98. The summed E-state index contributed by atoms with van der Waals surface area (Å²) in [7, 11) is -3.57. The van der Waals surface area contributed by atoms with E-state index < -0.39 is 27.1 Å². The molecule has 2 fully saturated rings. The minimum Gasteiger partial charge on any atom is -0.350 e. The molecule has 184 valence electrons. The van der Waals surface area contributed by atoms with E-state index in [1.165, 1.54) is 28.6 Å². The highest BCUT2D eigenvalue weighted by molar-refractivity contribution is 8.18. The average Bonchev–Trinajstić information content (AvgIpc) is 3.13. The first-order valence-corrected chi connectivity index (χ1v) is 13.8. The van der Waals surface area contributed by atoms with Gasteiger partial charge in [0.25, 0.3) is 17.1 Å². The number of nitrogens with one attached hydrogen (secondary N) is 1. The van der Waals surface area contributed by atoms with Crippen molar-refractivity contribution in [2.75, 3.05) is 26.2 Å². The van der Waals surface area contributed by atoms with Crippen LogP contribution >= 0.6 is 23.4 Å². The zero-order chi connectivity index (χ0) is 25.0. The van der Waals surface area contributed by atoms with Gasteiger partial charge in [-0.1, -0.05) is 30.2 Å². The smallest absolute Gasteiger partial charge is 0.293 e. The lowest BCUT2D eigenvalue weighted by Gasteiger charge is -2.25. The molecule has 4 rings (SSSR count). The van der Waals surface area contributed by atoms with E-state index in [1.807, 2.05) is 0 Å². The summed E-state index contributed by atoms with van der Waals surface area (Å²) in [5.41, 5.74) is 1.04. The van der Waals surface area contributed by atoms with Crippen LogP contribution in [-0.2, 0) is 14.8 Å². The standard InChI is InChI=1S/C24H24ClN3O5S2/c25-19-8-4-17(5-9-19)16-21-23(30)28(24(31)34-21)15-12-26-22(29)18-6-10-20(11-7-18)35(32,33)27-13-2-1-3-14-27/h4-11,16H,1-3,12-15H2,(H,26,29)/b21-16+. The van der Waals surface area contributed by atoms with Crippen molar-refractivity contribution >= 4 is 56.5 Å². The Morgan fingerprint density at radius 3 is 2.31 bits per heavy atom. The van der Waals surface area contributed by atoms with E-state index in [0.717, 1.165) is 41.5 Å². The highest BCUT2D eigenvalue weighted by Gasteiger charge is 2.34. The van der Waals surface area contributed by atoms with Crippen molar-refractivity contribution in [1.29, 1.82) is 0 Å². The lowest BCUT2D eigenvalue weighted by molar-refractivity contribution is -0.122. The second-order valence-corrected chi connectivity index (χ2v) is 11.5. The number of nitrogens with zero attached hydrogens (tertiary/aromatic N) is 2. The Morgan fingerprint density at radius 1 is 1.00 bits per heavy atom. The molecule has 0 radical (unpaired) electrons. The van der Waals surface area contributed by atoms with Gasteiger partial charge in [-0.15, -0.1) is 0 Å². The summed E-state index contributed by atoms with van der Waals surface area (Å²) in [5.74, 6) is -0.841. The molecule has 2 aromatic rings. The van der Waals surface area contributed by atoms with Crippen LogP contribution in [0.3, 0.4) is 0 Å². The predicted molar refractivity (Wildman–Crippen MR) is 136 cm³/mol. The maximum Gasteiger partial charge on any atom is 0.293 e. The van der Waals surface area contributed by atoms with E-state index in [9.17, 15) is 22.8 Å². The highest BCUT2D eigenvalue weighted by atomic mass is 35.5. The van der Waals surface area contributed by atoms with Gasteiger partial charge < -0.3 is 5.32 Å². The molecule has 2 aliphatic rings. The molecule has 0 unspecified atom stereocenters. The number of thioether (sulfide) groups is 1. The number of amides is 3. The monoisotopic (exact) mass is 533 g/mol. The van der Waals surface area contributed by atoms with Gasteiger partial charge >= 0.3 is 0 Å². The second-order valence-electron chi connectivity index (χ2n) is 8.13. The third-order valence-corrected chi connectivity index (χ3v) is 8.80. The summed E-state index contributed by atoms with van der Waals surface area (Å²) in [4.78, 5) is 38.9. The van der Waals surface area contributed by atoms with Crippen molar-refractivity contribution in [2.45, 2.75) is 24.2 Å². The van der Waals surface area contributed by atoms with Gasteiger partial charge in [0, 0.05) is 36.8 Å². The molecule has 0 aliphatic carbocycles. The quantitative estimate of drug-likeness (QED) is 0.540. The van der Waals surface area contributed by atoms with Gasteiger partial charge in [-0.3, -0.25) is 19.3 Å². The fraction of sp³-hybridized carbons (Fsp3) is 0.292. The number of halogens is 1. The molecular formula is C24H24ClN3O5S2. The molecule has 35 heavy (non-hydrogen) atoms. The molecule has 2 aliphatic heterocycles. The first-order valence-electron chi connectivity index (χ1n) is 11.1. The summed E-state index contributed by atoms with van der Waals surface area (Å²) < 4.78 is 27.0. The van der Waals surface area contributed by atoms with Crippen LogP contribution in [0.15, 0.2) is 58.3 Å². The lowest BCUT2D eigenvalue weighted by atomic mass is 10.2. The molecular weight excluding hydrogens is 510 g/mol. The number of carbonyl (C=O) groups excluding carboxylic acids is 3. The third-order valence-electron chi connectivity index (χ3n) is 5.73. The largest absolute Gasteiger partial charge is 0.350 e. The van der Waals surface area contributed by atoms with Crippen molar-refractivity contribution in [3.05, 3.63) is 69.6 Å². The molecule has 2 aromatic carbocycles. The van der Waals surface area contributed by atoms with Crippen LogP contribution in [-0.4, -0.2) is 60.9 Å². The van der Waals surface area contributed by atoms with Gasteiger partial charge in [0.2, 0.25) is 10.0 Å². The third kappa shape index (κ3) is 5.95. The number of carbonyl (C=O) groups is 3. The molecule has 0 atom stereocenters. The lowest BCUT2D eigenvalue weighted by Crippen LogP contribution is -2.37. The SMILES string of the molecule is O=C(NCCN1C(=O)S/C(=C/c2ccc(Cl)cc2)C1=O)c1ccc(S(=O)(=O)N2CCCCC2)cc1. The topological polar surface area (TPSA) is 104 Å². The van der Waals surface area contributed by atoms with Gasteiger partial charge in [-0.05, 0) is 72.6 Å². The van der Waals surface area contributed by atoms with E-state index in [2.05, 4.69) is 5.32 Å². The van der Waals surface area contributed by atoms with Gasteiger partial charge in [-0.25, -0.2) is 8.42 Å². The van der Waals surface area contributed by atoms with Gasteiger partial charge in [0.1, 0.15) is 0 Å². The number of imide groups is 1. The van der Waals surface area contributed by atoms with Crippen LogP contribution in [0.25, 0.3) is 6.08 Å². The molecule has 1 N–H and O–H groups in total. The second kappa shape index (κ2) is 10.9. The first-order chi connectivity index (χ1) is 16.8. The molecule has 11 heteroatoms. The van der Waals surface area contributed by atoms with Gasteiger partial charge in [-0.2, -0.15) is 4.31 Å². The highest BCUT2D eigenvalue weighted by Crippen LogP contribution is 2.32. The van der Waals surface area contributed by atoms with Crippen LogP contribution < -0.4 is 5.32 Å². The van der Waals surface area contributed by atoms with E-state index in [4.69, 9.17) is 11.6 Å². The minimum absolute atomic E-state index is 0.0236. The molecule has 0 bridgehead atoms. The first kappa shape index (κ1) is 25.4. The fourth-order valence-electron chi connectivity index (χ4n) is 3.82. The van der Waals surface area contributed by atoms with Crippen molar-refractivity contribution < 1.29 is 22.8 Å². The maximum atomic E-state index is 12.7. The van der Waals surface area contributed by atoms with E-state index >= 15 is 0 Å². The minimum atomic E-state index is -3.57. The molecule has 0 spiro atoms. The van der Waals surface area contributed by atoms with Crippen LogP contribution in [0.4, 0.5) is 4.79 Å². The van der Waals surface area contributed by atoms with E-state index in [0.29, 0.717) is 28.6 Å². The zero-order valence-corrected chi connectivity index (χ0v) is 21.2. The van der Waals surface area contributed by atoms with Crippen LogP contribution in [0.1, 0.15) is 35.2 Å². The molecule has 3 amide bonds. The van der Waals surface area contributed by atoms with Crippen molar-refractivity contribution in [3.8, 4) is 0 Å². The zero-order valence-electron chi connectivity index (χ0n) is 18.8. The number of benzene rings is 2. The Hall–Kier alpha value is -2.66. The Morgan fingerprint density at radius 2 is 1.66 bits per heavy atom. The van der Waals surface area contributed by atoms with Crippen LogP contribution in [0, 0.1) is 0 Å². The Labute approximate surface area is 213 Å². The van der Waals surface area contributed by atoms with Gasteiger partial charge in [0.05, 0.1) is 9.80 Å². The summed E-state index contributed by atoms with van der Waals surface area (Å²) in [6, 6.07) is 12.7. The Bertz CT molecular complexity index is 1260. The van der Waals surface area contributed by atoms with Gasteiger partial charge in [0.15, 0.2) is 0 Å². The molecule has 0 saturated carbocycles. The summed E-state index contributed by atoms with van der Waals surface area (Å²) in [6.07, 6.45) is 4.34. The van der Waals surface area contributed by atoms with Crippen LogP contribution in [0.5, 0.6) is 0 Å². The molecule has 8 nitrogen and oxygen atoms in total. The average molecular weight is 534 g/mol. The Kier molecular flexibility index (Phi) is 7.95. The maximum absolute atomic E-state index is 12.7. The van der Waals surface area contributed by atoms with Crippen molar-refractivity contribution in [3.63, 3.8) is 0 Å². The number of rotatable bonds is 7. The summed E-state index contributed by atoms with van der Waals surface area (Å²) >= 11 is 6.72. The molecule has 2 heterocycles.